The van der Waals surface area contributed by atoms with Crippen LogP contribution >= 0.6 is 11.8 Å². The molecule has 0 unspecified atom stereocenters. The quantitative estimate of drug-likeness (QED) is 0.574. The van der Waals surface area contributed by atoms with Crippen LogP contribution in [0.1, 0.15) is 33.1 Å². The number of thioether (sulfide) groups is 1. The van der Waals surface area contributed by atoms with Gasteiger partial charge >= 0.3 is 0 Å². The highest BCUT2D eigenvalue weighted by Gasteiger charge is 2.49. The Labute approximate surface area is 123 Å². The van der Waals surface area contributed by atoms with E-state index < -0.39 is 30.5 Å². The van der Waals surface area contributed by atoms with Crippen LogP contribution in [-0.4, -0.2) is 62.9 Å². The summed E-state index contributed by atoms with van der Waals surface area (Å²) in [6, 6.07) is -0.473. The summed E-state index contributed by atoms with van der Waals surface area (Å²) in [6.45, 7) is 4.75. The van der Waals surface area contributed by atoms with Gasteiger partial charge in [-0.15, -0.1) is 0 Å². The van der Waals surface area contributed by atoms with Crippen molar-refractivity contribution in [1.29, 1.82) is 0 Å². The summed E-state index contributed by atoms with van der Waals surface area (Å²) in [4.78, 5) is 4.34. The maximum Gasteiger partial charge on any atom is 0.159 e. The molecule has 116 valence electrons. The van der Waals surface area contributed by atoms with Crippen molar-refractivity contribution in [2.24, 2.45) is 4.99 Å². The number of amidine groups is 1. The lowest BCUT2D eigenvalue weighted by Gasteiger charge is -2.40. The second kappa shape index (κ2) is 7.09. The van der Waals surface area contributed by atoms with Gasteiger partial charge in [0.15, 0.2) is 5.17 Å². The van der Waals surface area contributed by atoms with Crippen molar-refractivity contribution in [3.63, 3.8) is 0 Å². The van der Waals surface area contributed by atoms with Gasteiger partial charge in [-0.25, -0.2) is 0 Å². The Morgan fingerprint density at radius 2 is 2.10 bits per heavy atom. The van der Waals surface area contributed by atoms with Gasteiger partial charge in [0.05, 0.1) is 6.10 Å². The standard InChI is InChI=1S/C13H24N2O4S/c1-3-5-6-7(16)11-10(18)9(17)8-12(19-11)20-13(15-8)14-4-2/h7-12,16-18H,3-6H2,1-2H3,(H,14,15)/t7-,8-,9-,10+,11-,12-/m1/s1. The lowest BCUT2D eigenvalue weighted by atomic mass is 9.93. The van der Waals surface area contributed by atoms with Crippen molar-refractivity contribution in [3.05, 3.63) is 0 Å². The highest BCUT2D eigenvalue weighted by atomic mass is 32.2. The largest absolute Gasteiger partial charge is 0.390 e. The summed E-state index contributed by atoms with van der Waals surface area (Å²) < 4.78 is 5.78. The highest BCUT2D eigenvalue weighted by Crippen LogP contribution is 2.37. The molecule has 4 N–H and O–H groups in total. The Morgan fingerprint density at radius 3 is 2.75 bits per heavy atom. The normalized spacial score (nSPS) is 38.2. The Morgan fingerprint density at radius 1 is 1.35 bits per heavy atom. The van der Waals surface area contributed by atoms with E-state index in [2.05, 4.69) is 10.3 Å². The summed E-state index contributed by atoms with van der Waals surface area (Å²) in [6.07, 6.45) is -1.22. The Balaban J connectivity index is 2.01. The molecule has 0 amide bonds. The first-order valence-corrected chi connectivity index (χ1v) is 8.14. The van der Waals surface area contributed by atoms with Crippen molar-refractivity contribution < 1.29 is 20.1 Å². The van der Waals surface area contributed by atoms with Gasteiger partial charge in [0.25, 0.3) is 0 Å². The number of aliphatic hydroxyl groups excluding tert-OH is 3. The SMILES string of the molecule is CCCC[C@@H](O)[C@H]1O[C@@H]2SC(NCC)=N[C@@H]2[C@@H](O)[C@@H]1O. The van der Waals surface area contributed by atoms with Crippen LogP contribution in [0.2, 0.25) is 0 Å². The van der Waals surface area contributed by atoms with Crippen LogP contribution in [0.25, 0.3) is 0 Å². The van der Waals surface area contributed by atoms with Crippen molar-refractivity contribution in [1.82, 2.24) is 5.32 Å². The molecule has 0 aromatic heterocycles. The summed E-state index contributed by atoms with van der Waals surface area (Å²) in [5.74, 6) is 0. The van der Waals surface area contributed by atoms with E-state index in [1.807, 2.05) is 13.8 Å². The van der Waals surface area contributed by atoms with Gasteiger partial charge in [0.2, 0.25) is 0 Å². The predicted octanol–water partition coefficient (Wildman–Crippen LogP) is 0.0651. The molecule has 0 aromatic carbocycles. The maximum atomic E-state index is 10.2. The molecular formula is C13H24N2O4S. The fourth-order valence-electron chi connectivity index (χ4n) is 2.52. The van der Waals surface area contributed by atoms with E-state index >= 15 is 0 Å². The van der Waals surface area contributed by atoms with Crippen LogP contribution in [0.3, 0.4) is 0 Å². The summed E-state index contributed by atoms with van der Waals surface area (Å²) >= 11 is 1.40. The number of aliphatic hydroxyl groups is 3. The van der Waals surface area contributed by atoms with Crippen molar-refractivity contribution >= 4 is 16.9 Å². The average molecular weight is 304 g/mol. The van der Waals surface area contributed by atoms with Crippen LogP contribution in [0.5, 0.6) is 0 Å². The lowest BCUT2D eigenvalue weighted by molar-refractivity contribution is -0.185. The van der Waals surface area contributed by atoms with Gasteiger partial charge in [-0.2, -0.15) is 0 Å². The van der Waals surface area contributed by atoms with Gasteiger partial charge < -0.3 is 25.4 Å². The molecule has 2 heterocycles. The van der Waals surface area contributed by atoms with E-state index in [9.17, 15) is 15.3 Å². The zero-order valence-electron chi connectivity index (χ0n) is 11.9. The molecule has 2 aliphatic rings. The molecule has 2 aliphatic heterocycles. The molecule has 7 heteroatoms. The second-order valence-corrected chi connectivity index (χ2v) is 6.32. The van der Waals surface area contributed by atoms with E-state index in [0.717, 1.165) is 24.6 Å². The average Bonchev–Trinajstić information content (AvgIpc) is 2.83. The fraction of sp³-hybridized carbons (Fsp3) is 0.923. The number of aliphatic imine (C=N–C) groups is 1. The number of ether oxygens (including phenoxy) is 1. The van der Waals surface area contributed by atoms with E-state index in [1.165, 1.54) is 11.8 Å². The third-order valence-corrected chi connectivity index (χ3v) is 4.76. The molecule has 0 saturated carbocycles. The fourth-order valence-corrected chi connectivity index (χ4v) is 3.69. The highest BCUT2D eigenvalue weighted by molar-refractivity contribution is 8.14. The predicted molar refractivity (Wildman–Crippen MR) is 78.7 cm³/mol. The molecule has 2 rings (SSSR count). The zero-order valence-corrected chi connectivity index (χ0v) is 12.7. The number of fused-ring (bicyclic) bond motifs is 1. The minimum absolute atomic E-state index is 0.344. The molecule has 1 fully saturated rings. The number of rotatable bonds is 5. The topological polar surface area (TPSA) is 94.3 Å². The maximum absolute atomic E-state index is 10.2. The van der Waals surface area contributed by atoms with Crippen molar-refractivity contribution in [2.75, 3.05) is 6.54 Å². The van der Waals surface area contributed by atoms with Gasteiger partial charge in [-0.05, 0) is 13.3 Å². The van der Waals surface area contributed by atoms with Crippen LogP contribution in [0.15, 0.2) is 4.99 Å². The smallest absolute Gasteiger partial charge is 0.159 e. The van der Waals surface area contributed by atoms with Crippen LogP contribution < -0.4 is 5.32 Å². The molecule has 6 atom stereocenters. The lowest BCUT2D eigenvalue weighted by Crippen LogP contribution is -2.58. The first-order chi connectivity index (χ1) is 9.58. The van der Waals surface area contributed by atoms with Crippen LogP contribution in [-0.2, 0) is 4.74 Å². The molecule has 1 saturated heterocycles. The van der Waals surface area contributed by atoms with E-state index in [-0.39, 0.29) is 5.44 Å². The zero-order chi connectivity index (χ0) is 14.7. The first-order valence-electron chi connectivity index (χ1n) is 7.26. The molecule has 20 heavy (non-hydrogen) atoms. The Hall–Kier alpha value is -0.340. The third kappa shape index (κ3) is 3.28. The number of unbranched alkanes of at least 4 members (excludes halogenated alkanes) is 1. The summed E-state index contributed by atoms with van der Waals surface area (Å²) in [7, 11) is 0. The monoisotopic (exact) mass is 304 g/mol. The van der Waals surface area contributed by atoms with Gasteiger partial charge in [0, 0.05) is 6.54 Å². The van der Waals surface area contributed by atoms with E-state index in [1.54, 1.807) is 0 Å². The van der Waals surface area contributed by atoms with Crippen LogP contribution in [0, 0.1) is 0 Å². The number of nitrogens with one attached hydrogen (secondary N) is 1. The summed E-state index contributed by atoms with van der Waals surface area (Å²) in [5, 5.41) is 34.3. The molecule has 0 radical (unpaired) electrons. The molecule has 0 bridgehead atoms. The van der Waals surface area contributed by atoms with Gasteiger partial charge in [-0.3, -0.25) is 4.99 Å². The second-order valence-electron chi connectivity index (χ2n) is 5.23. The molecule has 0 aromatic rings. The Bertz CT molecular complexity index is 355. The van der Waals surface area contributed by atoms with Gasteiger partial charge in [-0.1, -0.05) is 31.5 Å². The van der Waals surface area contributed by atoms with E-state index in [0.29, 0.717) is 6.42 Å². The Kier molecular flexibility index (Phi) is 5.68. The van der Waals surface area contributed by atoms with E-state index in [4.69, 9.17) is 4.74 Å². The van der Waals surface area contributed by atoms with Crippen molar-refractivity contribution in [2.45, 2.75) is 69.0 Å². The molecule has 0 spiro atoms. The summed E-state index contributed by atoms with van der Waals surface area (Å²) in [5.41, 5.74) is -0.344. The van der Waals surface area contributed by atoms with Crippen molar-refractivity contribution in [3.8, 4) is 0 Å². The van der Waals surface area contributed by atoms with Gasteiger partial charge in [0.1, 0.15) is 29.8 Å². The first kappa shape index (κ1) is 16.0. The number of hydrogen-bond donors (Lipinski definition) is 4. The van der Waals surface area contributed by atoms with Crippen LogP contribution in [0.4, 0.5) is 0 Å². The number of hydrogen-bond acceptors (Lipinski definition) is 7. The minimum atomic E-state index is -1.10. The molecular weight excluding hydrogens is 280 g/mol. The number of nitrogens with zero attached hydrogens (tertiary/aromatic N) is 1. The third-order valence-electron chi connectivity index (χ3n) is 3.66. The molecule has 6 nitrogen and oxygen atoms in total. The molecule has 0 aliphatic carbocycles. The minimum Gasteiger partial charge on any atom is -0.390 e.